The van der Waals surface area contributed by atoms with Crippen LogP contribution in [0, 0.1) is 11.3 Å². The third-order valence-corrected chi connectivity index (χ3v) is 4.54. The maximum absolute atomic E-state index is 9.68. The highest BCUT2D eigenvalue weighted by Gasteiger charge is 2.18. The monoisotopic (exact) mass is 391 g/mol. The van der Waals surface area contributed by atoms with Crippen molar-refractivity contribution in [3.8, 4) is 51.5 Å². The summed E-state index contributed by atoms with van der Waals surface area (Å²) in [5, 5.41) is 9.68. The van der Waals surface area contributed by atoms with E-state index in [1.165, 1.54) is 0 Å². The number of hydrogen-bond donors (Lipinski definition) is 1. The summed E-state index contributed by atoms with van der Waals surface area (Å²) in [5.74, 6) is 2.52. The molecule has 2 N–H and O–H groups in total. The Morgan fingerprint density at radius 3 is 2.10 bits per heavy atom. The fraction of sp³-hybridized carbons (Fsp3) is 0.182. The second-order valence-corrected chi connectivity index (χ2v) is 6.06. The van der Waals surface area contributed by atoms with Crippen LogP contribution in [-0.4, -0.2) is 33.4 Å². The van der Waals surface area contributed by atoms with E-state index in [9.17, 15) is 5.26 Å². The van der Waals surface area contributed by atoms with Crippen LogP contribution in [0.3, 0.4) is 0 Å². The van der Waals surface area contributed by atoms with Gasteiger partial charge in [-0.15, -0.1) is 0 Å². The molecule has 0 radical (unpaired) electrons. The van der Waals surface area contributed by atoms with Gasteiger partial charge in [0.2, 0.25) is 0 Å². The zero-order chi connectivity index (χ0) is 21.0. The largest absolute Gasteiger partial charge is 0.497 e. The first-order valence-electron chi connectivity index (χ1n) is 8.71. The third kappa shape index (κ3) is 3.73. The second kappa shape index (κ2) is 8.40. The highest BCUT2D eigenvalue weighted by atomic mass is 16.5. The first kappa shape index (κ1) is 19.8. The Labute approximate surface area is 169 Å². The molecule has 0 fully saturated rings. The van der Waals surface area contributed by atoms with E-state index in [0.717, 1.165) is 5.56 Å². The molecule has 0 aliphatic carbocycles. The number of pyridine rings is 1. The number of nitrogens with zero attached hydrogens (tertiary/aromatic N) is 2. The van der Waals surface area contributed by atoms with E-state index < -0.39 is 0 Å². The molecule has 0 saturated heterocycles. The van der Waals surface area contributed by atoms with Crippen LogP contribution in [0.5, 0.6) is 23.0 Å². The van der Waals surface area contributed by atoms with Crippen molar-refractivity contribution < 1.29 is 18.9 Å². The molecule has 0 atom stereocenters. The summed E-state index contributed by atoms with van der Waals surface area (Å²) in [6.45, 7) is 0. The first-order valence-corrected chi connectivity index (χ1v) is 8.71. The quantitative estimate of drug-likeness (QED) is 0.680. The normalized spacial score (nSPS) is 10.2. The van der Waals surface area contributed by atoms with Crippen molar-refractivity contribution in [3.63, 3.8) is 0 Å². The van der Waals surface area contributed by atoms with E-state index in [2.05, 4.69) is 11.1 Å². The van der Waals surface area contributed by atoms with E-state index in [4.69, 9.17) is 24.7 Å². The Hall–Kier alpha value is -3.92. The lowest BCUT2D eigenvalue weighted by molar-refractivity contribution is 0.355. The molecule has 0 amide bonds. The predicted octanol–water partition coefficient (Wildman–Crippen LogP) is 3.90. The van der Waals surface area contributed by atoms with Crippen molar-refractivity contribution in [2.75, 3.05) is 34.2 Å². The van der Waals surface area contributed by atoms with E-state index in [1.54, 1.807) is 64.8 Å². The molecule has 3 aromatic rings. The highest BCUT2D eigenvalue weighted by molar-refractivity contribution is 5.84. The average Bonchev–Trinajstić information content (AvgIpc) is 2.77. The first-order chi connectivity index (χ1) is 14.1. The standard InChI is InChI=1S/C22H21N3O4/c1-26-14-6-8-19(27-2)16(10-14)15-11-18(25-22(24)17(15)12-23)13-5-7-20(28-3)21(9-13)29-4/h5-11H,1-4H3,(H2,24,25). The lowest BCUT2D eigenvalue weighted by Crippen LogP contribution is -2.01. The van der Waals surface area contributed by atoms with Gasteiger partial charge in [-0.2, -0.15) is 5.26 Å². The van der Waals surface area contributed by atoms with Crippen LogP contribution in [0.1, 0.15) is 5.56 Å². The van der Waals surface area contributed by atoms with Crippen molar-refractivity contribution in [2.45, 2.75) is 0 Å². The van der Waals surface area contributed by atoms with Crippen LogP contribution in [0.2, 0.25) is 0 Å². The van der Waals surface area contributed by atoms with Crippen LogP contribution in [0.4, 0.5) is 5.82 Å². The number of benzene rings is 2. The SMILES string of the molecule is COc1ccc(OC)c(-c2cc(-c3ccc(OC)c(OC)c3)nc(N)c2C#N)c1. The van der Waals surface area contributed by atoms with Crippen molar-refractivity contribution in [1.29, 1.82) is 5.26 Å². The van der Waals surface area contributed by atoms with Crippen LogP contribution in [-0.2, 0) is 0 Å². The van der Waals surface area contributed by atoms with Gasteiger partial charge >= 0.3 is 0 Å². The average molecular weight is 391 g/mol. The summed E-state index contributed by atoms with van der Waals surface area (Å²) in [4.78, 5) is 4.42. The molecule has 0 saturated carbocycles. The summed E-state index contributed by atoms with van der Waals surface area (Å²) in [6.07, 6.45) is 0. The summed E-state index contributed by atoms with van der Waals surface area (Å²) in [5.41, 5.74) is 9.03. The molecule has 2 aromatic carbocycles. The van der Waals surface area contributed by atoms with Gasteiger partial charge in [0.1, 0.15) is 28.9 Å². The second-order valence-electron chi connectivity index (χ2n) is 6.06. The fourth-order valence-corrected chi connectivity index (χ4v) is 3.06. The molecular weight excluding hydrogens is 370 g/mol. The van der Waals surface area contributed by atoms with Crippen molar-refractivity contribution >= 4 is 5.82 Å². The van der Waals surface area contributed by atoms with Gasteiger partial charge in [-0.3, -0.25) is 0 Å². The molecule has 3 rings (SSSR count). The Balaban J connectivity index is 2.26. The number of anilines is 1. The van der Waals surface area contributed by atoms with Gasteiger partial charge in [-0.05, 0) is 42.5 Å². The van der Waals surface area contributed by atoms with E-state index >= 15 is 0 Å². The maximum Gasteiger partial charge on any atom is 0.161 e. The molecule has 148 valence electrons. The van der Waals surface area contributed by atoms with E-state index in [-0.39, 0.29) is 11.4 Å². The Bertz CT molecular complexity index is 1090. The number of nitrogens with two attached hydrogens (primary N) is 1. The summed E-state index contributed by atoms with van der Waals surface area (Å²) >= 11 is 0. The molecule has 0 aliphatic heterocycles. The lowest BCUT2D eigenvalue weighted by atomic mass is 9.97. The molecular formula is C22H21N3O4. The topological polar surface area (TPSA) is 99.6 Å². The molecule has 0 aliphatic rings. The Kier molecular flexibility index (Phi) is 5.74. The van der Waals surface area contributed by atoms with Gasteiger partial charge in [-0.25, -0.2) is 4.98 Å². The maximum atomic E-state index is 9.68. The summed E-state index contributed by atoms with van der Waals surface area (Å²) in [7, 11) is 6.28. The van der Waals surface area contributed by atoms with Crippen LogP contribution in [0.25, 0.3) is 22.4 Å². The fourth-order valence-electron chi connectivity index (χ4n) is 3.06. The highest BCUT2D eigenvalue weighted by Crippen LogP contribution is 2.39. The van der Waals surface area contributed by atoms with Gasteiger partial charge in [-0.1, -0.05) is 0 Å². The number of ether oxygens (including phenoxy) is 4. The third-order valence-electron chi connectivity index (χ3n) is 4.54. The van der Waals surface area contributed by atoms with Crippen molar-refractivity contribution in [2.24, 2.45) is 0 Å². The Morgan fingerprint density at radius 2 is 1.48 bits per heavy atom. The predicted molar refractivity (Wildman–Crippen MR) is 110 cm³/mol. The number of rotatable bonds is 6. The smallest absolute Gasteiger partial charge is 0.161 e. The van der Waals surface area contributed by atoms with E-state index in [0.29, 0.717) is 39.8 Å². The minimum absolute atomic E-state index is 0.125. The number of nitriles is 1. The molecule has 1 aromatic heterocycles. The molecule has 0 bridgehead atoms. The zero-order valence-electron chi connectivity index (χ0n) is 16.6. The van der Waals surface area contributed by atoms with Crippen LogP contribution >= 0.6 is 0 Å². The molecule has 29 heavy (non-hydrogen) atoms. The zero-order valence-corrected chi connectivity index (χ0v) is 16.6. The van der Waals surface area contributed by atoms with E-state index in [1.807, 2.05) is 6.07 Å². The molecule has 7 heteroatoms. The number of nitrogen functional groups attached to an aromatic ring is 1. The van der Waals surface area contributed by atoms with Gasteiger partial charge < -0.3 is 24.7 Å². The number of aromatic nitrogens is 1. The van der Waals surface area contributed by atoms with Gasteiger partial charge in [0.25, 0.3) is 0 Å². The van der Waals surface area contributed by atoms with Crippen LogP contribution < -0.4 is 24.7 Å². The molecule has 0 spiro atoms. The number of methoxy groups -OCH3 is 4. The van der Waals surface area contributed by atoms with Crippen LogP contribution in [0.15, 0.2) is 42.5 Å². The summed E-state index contributed by atoms with van der Waals surface area (Å²) < 4.78 is 21.5. The summed E-state index contributed by atoms with van der Waals surface area (Å²) in [6, 6.07) is 14.7. The minimum atomic E-state index is 0.125. The van der Waals surface area contributed by atoms with Gasteiger partial charge in [0.15, 0.2) is 11.5 Å². The molecule has 7 nitrogen and oxygen atoms in total. The van der Waals surface area contributed by atoms with Crippen molar-refractivity contribution in [1.82, 2.24) is 4.98 Å². The lowest BCUT2D eigenvalue weighted by Gasteiger charge is -2.15. The van der Waals surface area contributed by atoms with Gasteiger partial charge in [0.05, 0.1) is 34.1 Å². The van der Waals surface area contributed by atoms with Crippen molar-refractivity contribution in [3.05, 3.63) is 48.0 Å². The molecule has 1 heterocycles. The minimum Gasteiger partial charge on any atom is -0.497 e. The number of hydrogen-bond acceptors (Lipinski definition) is 7. The van der Waals surface area contributed by atoms with Gasteiger partial charge in [0, 0.05) is 16.7 Å². The molecule has 0 unspecified atom stereocenters. The Morgan fingerprint density at radius 1 is 0.793 bits per heavy atom.